The summed E-state index contributed by atoms with van der Waals surface area (Å²) < 4.78 is 25.6. The summed E-state index contributed by atoms with van der Waals surface area (Å²) in [5, 5.41) is 15.9. The Labute approximate surface area is 174 Å². The average molecular weight is 427 g/mol. The lowest BCUT2D eigenvalue weighted by atomic mass is 10.1. The molecule has 0 saturated heterocycles. The van der Waals surface area contributed by atoms with Crippen molar-refractivity contribution in [1.82, 2.24) is 5.32 Å². The van der Waals surface area contributed by atoms with Crippen molar-refractivity contribution < 1.29 is 18.1 Å². The maximum Gasteiger partial charge on any atom is 0.271 e. The molecule has 8 nitrogen and oxygen atoms in total. The van der Waals surface area contributed by atoms with Crippen molar-refractivity contribution in [2.24, 2.45) is 0 Å². The van der Waals surface area contributed by atoms with Gasteiger partial charge in [-0.05, 0) is 35.4 Å². The van der Waals surface area contributed by atoms with Crippen LogP contribution in [0.5, 0.6) is 0 Å². The van der Waals surface area contributed by atoms with E-state index in [1.54, 1.807) is 0 Å². The molecule has 3 aromatic rings. The second-order valence-electron chi connectivity index (χ2n) is 6.91. The lowest BCUT2D eigenvalue weighted by Gasteiger charge is -2.28. The average Bonchev–Trinajstić information content (AvgIpc) is 2.71. The highest BCUT2D eigenvalue weighted by Crippen LogP contribution is 2.25. The Balaban J connectivity index is 1.80. The van der Waals surface area contributed by atoms with Crippen LogP contribution in [-0.2, 0) is 21.4 Å². The standard InChI is InChI=1S/C21H21N3O5S/c1-15(23(30(2,28)29)19-8-5-9-20(13-19)24(26)27)21(25)22-14-16-10-11-17-6-3-4-7-18(17)12-16/h3-13,15H,14H2,1-2H3,(H,22,25)/t15-/m1/s1. The number of hydrogen-bond donors (Lipinski definition) is 1. The summed E-state index contributed by atoms with van der Waals surface area (Å²) >= 11 is 0. The Morgan fingerprint density at radius 3 is 2.43 bits per heavy atom. The summed E-state index contributed by atoms with van der Waals surface area (Å²) in [5.41, 5.74) is 0.667. The van der Waals surface area contributed by atoms with Crippen molar-refractivity contribution in [2.75, 3.05) is 10.6 Å². The number of carbonyl (C=O) groups excluding carboxylic acids is 1. The molecule has 0 heterocycles. The third kappa shape index (κ3) is 4.74. The van der Waals surface area contributed by atoms with Crippen LogP contribution < -0.4 is 9.62 Å². The molecule has 0 spiro atoms. The lowest BCUT2D eigenvalue weighted by Crippen LogP contribution is -2.47. The zero-order chi connectivity index (χ0) is 21.9. The van der Waals surface area contributed by atoms with Crippen LogP contribution in [0.3, 0.4) is 0 Å². The minimum atomic E-state index is -3.87. The van der Waals surface area contributed by atoms with Crippen LogP contribution in [0.4, 0.5) is 11.4 Å². The minimum Gasteiger partial charge on any atom is -0.350 e. The molecule has 1 N–H and O–H groups in total. The van der Waals surface area contributed by atoms with E-state index in [4.69, 9.17) is 0 Å². The molecule has 0 fully saturated rings. The molecule has 0 saturated carbocycles. The molecule has 0 radical (unpaired) electrons. The fourth-order valence-corrected chi connectivity index (χ4v) is 4.40. The van der Waals surface area contributed by atoms with E-state index in [9.17, 15) is 23.3 Å². The summed E-state index contributed by atoms with van der Waals surface area (Å²) in [7, 11) is -3.87. The predicted octanol–water partition coefficient (Wildman–Crippen LogP) is 3.22. The van der Waals surface area contributed by atoms with Crippen molar-refractivity contribution in [3.8, 4) is 0 Å². The number of rotatable bonds is 7. The maximum atomic E-state index is 12.7. The monoisotopic (exact) mass is 427 g/mol. The molecule has 0 aliphatic rings. The number of nitrogens with one attached hydrogen (secondary N) is 1. The summed E-state index contributed by atoms with van der Waals surface area (Å²) in [6, 6.07) is 17.7. The summed E-state index contributed by atoms with van der Waals surface area (Å²) in [6.07, 6.45) is 0.957. The van der Waals surface area contributed by atoms with Gasteiger partial charge >= 0.3 is 0 Å². The molecule has 3 aromatic carbocycles. The molecule has 0 aliphatic carbocycles. The van der Waals surface area contributed by atoms with Gasteiger partial charge in [-0.3, -0.25) is 19.2 Å². The van der Waals surface area contributed by atoms with Gasteiger partial charge in [-0.15, -0.1) is 0 Å². The second-order valence-corrected chi connectivity index (χ2v) is 8.77. The minimum absolute atomic E-state index is 0.0556. The van der Waals surface area contributed by atoms with Gasteiger partial charge in [0, 0.05) is 18.7 Å². The topological polar surface area (TPSA) is 110 Å². The van der Waals surface area contributed by atoms with E-state index in [2.05, 4.69) is 5.32 Å². The number of nitro benzene ring substituents is 1. The van der Waals surface area contributed by atoms with Crippen LogP contribution in [0.1, 0.15) is 12.5 Å². The number of non-ortho nitro benzene ring substituents is 1. The highest BCUT2D eigenvalue weighted by molar-refractivity contribution is 7.92. The van der Waals surface area contributed by atoms with E-state index < -0.39 is 26.9 Å². The third-order valence-corrected chi connectivity index (χ3v) is 5.91. The van der Waals surface area contributed by atoms with Crippen molar-refractivity contribution >= 4 is 38.1 Å². The number of sulfonamides is 1. The molecule has 0 unspecified atom stereocenters. The van der Waals surface area contributed by atoms with Crippen LogP contribution in [0.25, 0.3) is 10.8 Å². The van der Waals surface area contributed by atoms with Gasteiger partial charge in [0.1, 0.15) is 6.04 Å². The molecule has 156 valence electrons. The van der Waals surface area contributed by atoms with E-state index in [1.807, 2.05) is 42.5 Å². The Hall–Kier alpha value is -3.46. The number of hydrogen-bond acceptors (Lipinski definition) is 5. The summed E-state index contributed by atoms with van der Waals surface area (Å²) in [4.78, 5) is 23.1. The molecular weight excluding hydrogens is 406 g/mol. The number of benzene rings is 3. The van der Waals surface area contributed by atoms with Gasteiger partial charge in [-0.25, -0.2) is 8.42 Å². The van der Waals surface area contributed by atoms with Crippen LogP contribution in [0.15, 0.2) is 66.7 Å². The Morgan fingerprint density at radius 2 is 1.77 bits per heavy atom. The first-order chi connectivity index (χ1) is 14.2. The van der Waals surface area contributed by atoms with Gasteiger partial charge in [0.05, 0.1) is 16.9 Å². The van der Waals surface area contributed by atoms with E-state index in [0.717, 1.165) is 33.0 Å². The van der Waals surface area contributed by atoms with Crippen molar-refractivity contribution in [3.05, 3.63) is 82.4 Å². The van der Waals surface area contributed by atoms with E-state index in [-0.39, 0.29) is 17.9 Å². The molecule has 9 heteroatoms. The van der Waals surface area contributed by atoms with Gasteiger partial charge < -0.3 is 5.32 Å². The number of nitrogens with zero attached hydrogens (tertiary/aromatic N) is 2. The van der Waals surface area contributed by atoms with Gasteiger partial charge in [-0.2, -0.15) is 0 Å². The normalized spacial score (nSPS) is 12.3. The SMILES string of the molecule is C[C@H](C(=O)NCc1ccc2ccccc2c1)N(c1cccc([N+](=O)[O-])c1)S(C)(=O)=O. The summed E-state index contributed by atoms with van der Waals surface area (Å²) in [5.74, 6) is -0.514. The molecule has 0 aliphatic heterocycles. The second kappa shape index (κ2) is 8.50. The van der Waals surface area contributed by atoms with Crippen LogP contribution in [-0.4, -0.2) is 31.5 Å². The van der Waals surface area contributed by atoms with Gasteiger partial charge in [0.25, 0.3) is 5.69 Å². The third-order valence-electron chi connectivity index (χ3n) is 4.66. The summed E-state index contributed by atoms with van der Waals surface area (Å²) in [6.45, 7) is 1.66. The smallest absolute Gasteiger partial charge is 0.271 e. The quantitative estimate of drug-likeness (QED) is 0.460. The van der Waals surface area contributed by atoms with Crippen LogP contribution >= 0.6 is 0 Å². The molecule has 1 atom stereocenters. The van der Waals surface area contributed by atoms with Crippen molar-refractivity contribution in [3.63, 3.8) is 0 Å². The van der Waals surface area contributed by atoms with Crippen LogP contribution in [0, 0.1) is 10.1 Å². The number of anilines is 1. The first-order valence-electron chi connectivity index (χ1n) is 9.16. The first-order valence-corrected chi connectivity index (χ1v) is 11.0. The number of nitro groups is 1. The van der Waals surface area contributed by atoms with Gasteiger partial charge in [-0.1, -0.05) is 42.5 Å². The number of carbonyl (C=O) groups is 1. The Bertz CT molecular complexity index is 1210. The van der Waals surface area contributed by atoms with Gasteiger partial charge in [0.15, 0.2) is 0 Å². The van der Waals surface area contributed by atoms with E-state index >= 15 is 0 Å². The molecule has 0 bridgehead atoms. The Morgan fingerprint density at radius 1 is 1.07 bits per heavy atom. The first kappa shape index (κ1) is 21.3. The van der Waals surface area contributed by atoms with Crippen molar-refractivity contribution in [1.29, 1.82) is 0 Å². The van der Waals surface area contributed by atoms with Crippen LogP contribution in [0.2, 0.25) is 0 Å². The molecule has 30 heavy (non-hydrogen) atoms. The zero-order valence-corrected chi connectivity index (χ0v) is 17.3. The molecule has 0 aromatic heterocycles. The lowest BCUT2D eigenvalue weighted by molar-refractivity contribution is -0.384. The van der Waals surface area contributed by atoms with E-state index in [0.29, 0.717) is 0 Å². The van der Waals surface area contributed by atoms with E-state index in [1.165, 1.54) is 25.1 Å². The molecule has 1 amide bonds. The Kier molecular flexibility index (Phi) is 6.02. The number of fused-ring (bicyclic) bond motifs is 1. The highest BCUT2D eigenvalue weighted by Gasteiger charge is 2.29. The fourth-order valence-electron chi connectivity index (χ4n) is 3.24. The fraction of sp³-hybridized carbons (Fsp3) is 0.190. The van der Waals surface area contributed by atoms with Crippen molar-refractivity contribution in [2.45, 2.75) is 19.5 Å². The zero-order valence-electron chi connectivity index (χ0n) is 16.5. The molecular formula is C21H21N3O5S. The number of amides is 1. The largest absolute Gasteiger partial charge is 0.350 e. The molecule has 3 rings (SSSR count). The predicted molar refractivity (Wildman–Crippen MR) is 116 cm³/mol. The highest BCUT2D eigenvalue weighted by atomic mass is 32.2. The van der Waals surface area contributed by atoms with Gasteiger partial charge in [0.2, 0.25) is 15.9 Å². The maximum absolute atomic E-state index is 12.7.